The minimum atomic E-state index is -5.14. The van der Waals surface area contributed by atoms with Gasteiger partial charge in [-0.1, -0.05) is 0 Å². The normalized spacial score (nSPS) is 11.1. The number of esters is 1. The predicted octanol–water partition coefficient (Wildman–Crippen LogP) is 2.67. The number of halogens is 4. The van der Waals surface area contributed by atoms with Crippen molar-refractivity contribution >= 4 is 34.2 Å². The molecule has 0 unspecified atom stereocenters. The van der Waals surface area contributed by atoms with E-state index in [1.807, 2.05) is 0 Å². The van der Waals surface area contributed by atoms with Crippen molar-refractivity contribution in [2.24, 2.45) is 0 Å². The van der Waals surface area contributed by atoms with Crippen molar-refractivity contribution in [2.45, 2.75) is 13.3 Å². The molecule has 1 rings (SSSR count). The predicted molar refractivity (Wildman–Crippen MR) is 66.2 cm³/mol. The van der Waals surface area contributed by atoms with Crippen LogP contribution in [-0.4, -0.2) is 28.8 Å². The highest BCUT2D eigenvalue weighted by Gasteiger charge is 2.36. The van der Waals surface area contributed by atoms with Gasteiger partial charge in [0.2, 0.25) is 5.75 Å². The third kappa shape index (κ3) is 4.18. The molecule has 7 nitrogen and oxygen atoms in total. The van der Waals surface area contributed by atoms with E-state index in [0.717, 1.165) is 0 Å². The zero-order valence-corrected chi connectivity index (χ0v) is 11.9. The maximum Gasteiger partial charge on any atom is 0.573 e. The summed E-state index contributed by atoms with van der Waals surface area (Å²) in [4.78, 5) is 24.6. The SMILES string of the molecule is CCOC(=O)c1cc(OC(F)(F)F)c([N+](=O)[O-])c(I)n1. The smallest absolute Gasteiger partial charge is 0.461 e. The molecule has 0 aliphatic rings. The van der Waals surface area contributed by atoms with Crippen molar-refractivity contribution in [3.8, 4) is 5.75 Å². The molecule has 0 spiro atoms. The minimum absolute atomic E-state index is 0.0243. The zero-order valence-electron chi connectivity index (χ0n) is 9.73. The van der Waals surface area contributed by atoms with Gasteiger partial charge in [-0.3, -0.25) is 10.1 Å². The lowest BCUT2D eigenvalue weighted by molar-refractivity contribution is -0.390. The Kier molecular flexibility index (Phi) is 5.08. The molecule has 0 amide bonds. The average Bonchev–Trinajstić information content (AvgIpc) is 2.25. The molecule has 20 heavy (non-hydrogen) atoms. The number of hydrogen-bond acceptors (Lipinski definition) is 6. The molecule has 0 radical (unpaired) electrons. The van der Waals surface area contributed by atoms with Gasteiger partial charge in [0.25, 0.3) is 0 Å². The molecule has 0 aliphatic carbocycles. The molecule has 0 aliphatic heterocycles. The van der Waals surface area contributed by atoms with Gasteiger partial charge >= 0.3 is 18.0 Å². The summed E-state index contributed by atoms with van der Waals surface area (Å²) in [5.41, 5.74) is -1.49. The largest absolute Gasteiger partial charge is 0.573 e. The Labute approximate surface area is 123 Å². The average molecular weight is 406 g/mol. The summed E-state index contributed by atoms with van der Waals surface area (Å²) in [7, 11) is 0. The molecule has 0 atom stereocenters. The van der Waals surface area contributed by atoms with Crippen molar-refractivity contribution in [2.75, 3.05) is 6.61 Å². The first kappa shape index (κ1) is 16.4. The summed E-state index contributed by atoms with van der Waals surface area (Å²) < 4.78 is 44.3. The van der Waals surface area contributed by atoms with Crippen LogP contribution in [-0.2, 0) is 4.74 Å². The lowest BCUT2D eigenvalue weighted by Crippen LogP contribution is -2.19. The maximum atomic E-state index is 12.2. The first-order chi connectivity index (χ1) is 9.15. The van der Waals surface area contributed by atoms with Crippen molar-refractivity contribution in [3.05, 3.63) is 25.6 Å². The van der Waals surface area contributed by atoms with E-state index in [-0.39, 0.29) is 6.61 Å². The summed E-state index contributed by atoms with van der Waals surface area (Å²) in [6.07, 6.45) is -5.14. The van der Waals surface area contributed by atoms with Gasteiger partial charge in [-0.25, -0.2) is 9.78 Å². The minimum Gasteiger partial charge on any atom is -0.461 e. The van der Waals surface area contributed by atoms with Gasteiger partial charge in [-0.05, 0) is 29.5 Å². The summed E-state index contributed by atoms with van der Waals surface area (Å²) in [6.45, 7) is 1.46. The number of carbonyl (C=O) groups is 1. The van der Waals surface area contributed by atoms with Gasteiger partial charge in [-0.2, -0.15) is 0 Å². The van der Waals surface area contributed by atoms with Crippen LogP contribution in [0.2, 0.25) is 0 Å². The number of alkyl halides is 3. The number of rotatable bonds is 4. The standard InChI is InChI=1S/C9H6F3IN2O5/c1-2-19-8(16)4-3-5(20-9(10,11)12)6(15(17)18)7(13)14-4/h3H,2H2,1H3. The summed E-state index contributed by atoms with van der Waals surface area (Å²) in [6, 6.07) is 0.520. The Balaban J connectivity index is 3.35. The highest BCUT2D eigenvalue weighted by atomic mass is 127. The highest BCUT2D eigenvalue weighted by molar-refractivity contribution is 14.1. The first-order valence-corrected chi connectivity index (χ1v) is 6.01. The molecular weight excluding hydrogens is 400 g/mol. The first-order valence-electron chi connectivity index (χ1n) is 4.93. The molecule has 110 valence electrons. The summed E-state index contributed by atoms with van der Waals surface area (Å²) >= 11 is 1.33. The van der Waals surface area contributed by atoms with Crippen LogP contribution in [0.15, 0.2) is 6.07 Å². The van der Waals surface area contributed by atoms with Crippen molar-refractivity contribution in [1.29, 1.82) is 0 Å². The van der Waals surface area contributed by atoms with Crippen LogP contribution in [0.1, 0.15) is 17.4 Å². The quantitative estimate of drug-likeness (QED) is 0.251. The van der Waals surface area contributed by atoms with Crippen molar-refractivity contribution in [3.63, 3.8) is 0 Å². The van der Waals surface area contributed by atoms with Crippen LogP contribution in [0.4, 0.5) is 18.9 Å². The van der Waals surface area contributed by atoms with Crippen LogP contribution in [0.3, 0.4) is 0 Å². The Morgan fingerprint density at radius 1 is 1.55 bits per heavy atom. The Bertz CT molecular complexity index is 549. The third-order valence-corrected chi connectivity index (χ3v) is 2.56. The van der Waals surface area contributed by atoms with Gasteiger partial charge < -0.3 is 9.47 Å². The molecule has 0 fully saturated rings. The van der Waals surface area contributed by atoms with Gasteiger partial charge in [0.1, 0.15) is 0 Å². The van der Waals surface area contributed by atoms with Crippen LogP contribution < -0.4 is 4.74 Å². The van der Waals surface area contributed by atoms with Crippen molar-refractivity contribution < 1.29 is 32.4 Å². The highest BCUT2D eigenvalue weighted by Crippen LogP contribution is 2.35. The monoisotopic (exact) mass is 406 g/mol. The van der Waals surface area contributed by atoms with E-state index < -0.39 is 38.1 Å². The number of hydrogen-bond donors (Lipinski definition) is 0. The summed E-state index contributed by atoms with van der Waals surface area (Å²) in [5.74, 6) is -2.13. The second-order valence-corrected chi connectivity index (χ2v) is 4.19. The fourth-order valence-electron chi connectivity index (χ4n) is 1.16. The van der Waals surface area contributed by atoms with Crippen molar-refractivity contribution in [1.82, 2.24) is 4.98 Å². The fraction of sp³-hybridized carbons (Fsp3) is 0.333. The lowest BCUT2D eigenvalue weighted by Gasteiger charge is -2.10. The number of ether oxygens (including phenoxy) is 2. The molecule has 11 heteroatoms. The number of carbonyl (C=O) groups excluding carboxylic acids is 1. The van der Waals surface area contributed by atoms with Crippen LogP contribution in [0.5, 0.6) is 5.75 Å². The van der Waals surface area contributed by atoms with Crippen LogP contribution >= 0.6 is 22.6 Å². The molecule has 1 heterocycles. The van der Waals surface area contributed by atoms with E-state index in [1.165, 1.54) is 29.5 Å². The zero-order chi connectivity index (χ0) is 15.5. The van der Waals surface area contributed by atoms with Gasteiger partial charge in [-0.15, -0.1) is 13.2 Å². The van der Waals surface area contributed by atoms with Gasteiger partial charge in [0.15, 0.2) is 9.39 Å². The second-order valence-electron chi connectivity index (χ2n) is 3.17. The maximum absolute atomic E-state index is 12.2. The molecule has 0 saturated heterocycles. The van der Waals surface area contributed by atoms with E-state index in [4.69, 9.17) is 0 Å². The second kappa shape index (κ2) is 6.19. The van der Waals surface area contributed by atoms with E-state index in [9.17, 15) is 28.1 Å². The van der Waals surface area contributed by atoms with E-state index in [0.29, 0.717) is 6.07 Å². The molecule has 0 aromatic carbocycles. The molecular formula is C9H6F3IN2O5. The Morgan fingerprint density at radius 3 is 2.60 bits per heavy atom. The molecule has 1 aromatic heterocycles. The van der Waals surface area contributed by atoms with E-state index in [2.05, 4.69) is 14.5 Å². The van der Waals surface area contributed by atoms with Crippen LogP contribution in [0, 0.1) is 13.8 Å². The molecule has 0 saturated carbocycles. The topological polar surface area (TPSA) is 91.6 Å². The Morgan fingerprint density at radius 2 is 2.15 bits per heavy atom. The number of aromatic nitrogens is 1. The molecule has 1 aromatic rings. The third-order valence-electron chi connectivity index (χ3n) is 1.81. The van der Waals surface area contributed by atoms with E-state index >= 15 is 0 Å². The van der Waals surface area contributed by atoms with Crippen LogP contribution in [0.25, 0.3) is 0 Å². The summed E-state index contributed by atoms with van der Waals surface area (Å²) in [5, 5.41) is 10.7. The number of nitrogens with zero attached hydrogens (tertiary/aromatic N) is 2. The van der Waals surface area contributed by atoms with Gasteiger partial charge in [0.05, 0.1) is 11.5 Å². The molecule has 0 bridgehead atoms. The number of pyridine rings is 1. The molecule has 0 N–H and O–H groups in total. The number of nitro groups is 1. The fourth-order valence-corrected chi connectivity index (χ4v) is 1.89. The Hall–Kier alpha value is -1.66. The lowest BCUT2D eigenvalue weighted by atomic mass is 10.3. The van der Waals surface area contributed by atoms with Gasteiger partial charge in [0, 0.05) is 6.07 Å². The van der Waals surface area contributed by atoms with E-state index in [1.54, 1.807) is 0 Å².